The zero-order valence-electron chi connectivity index (χ0n) is 13.5. The van der Waals surface area contributed by atoms with Gasteiger partial charge in [-0.25, -0.2) is 0 Å². The fourth-order valence-electron chi connectivity index (χ4n) is 1.78. The summed E-state index contributed by atoms with van der Waals surface area (Å²) in [6, 6.07) is 0. The Morgan fingerprint density at radius 3 is 2.11 bits per heavy atom. The third-order valence-electron chi connectivity index (χ3n) is 2.93. The van der Waals surface area contributed by atoms with E-state index in [0.29, 0.717) is 5.92 Å². The molecule has 1 heteroatoms. The van der Waals surface area contributed by atoms with E-state index in [1.165, 1.54) is 44.1 Å². The average molecular weight is 276 g/mol. The molecule has 0 N–H and O–H groups in total. The second-order valence-electron chi connectivity index (χ2n) is 4.90. The van der Waals surface area contributed by atoms with Crippen molar-refractivity contribution in [3.63, 3.8) is 0 Å². The molecule has 0 aromatic heterocycles. The summed E-state index contributed by atoms with van der Waals surface area (Å²) in [6.07, 6.45) is 10.1. The average Bonchev–Trinajstić information content (AvgIpc) is 2.28. The summed E-state index contributed by atoms with van der Waals surface area (Å²) in [5.74, 6) is 1.32. The van der Waals surface area contributed by atoms with Gasteiger partial charge < -0.3 is 13.0 Å². The fraction of sp³-hybridized carbons (Fsp3) is 0.706. The van der Waals surface area contributed by atoms with Crippen molar-refractivity contribution in [1.29, 1.82) is 0 Å². The van der Waals surface area contributed by atoms with E-state index >= 15 is 0 Å². The summed E-state index contributed by atoms with van der Waals surface area (Å²) >= 11 is 0. The van der Waals surface area contributed by atoms with Gasteiger partial charge in [-0.3, -0.25) is 6.58 Å². The first-order valence-corrected chi connectivity index (χ1v) is 6.97. The van der Waals surface area contributed by atoms with Gasteiger partial charge in [-0.05, 0) is 25.2 Å². The van der Waals surface area contributed by atoms with Crippen LogP contribution >= 0.6 is 0 Å². The summed E-state index contributed by atoms with van der Waals surface area (Å²) in [5.41, 5.74) is 1.46. The topological polar surface area (TPSA) is 0 Å². The normalized spacial score (nSPS) is 12.5. The second kappa shape index (κ2) is 18.1. The molecule has 0 amide bonds. The molecule has 0 aliphatic heterocycles. The maximum atomic E-state index is 4.22. The Kier molecular flexibility index (Phi) is 24.3. The number of unbranched alkanes of at least 4 members (excludes halogenated alkanes) is 1. The van der Waals surface area contributed by atoms with Crippen molar-refractivity contribution in [3.05, 3.63) is 31.7 Å². The SMILES string of the molecule is C=C(CCC([CH2-])C)C(CC)CCCC.C=[C-]C.[K+]. The summed E-state index contributed by atoms with van der Waals surface area (Å²) in [7, 11) is 0. The molecule has 0 saturated heterocycles. The first-order chi connectivity index (χ1) is 8.03. The van der Waals surface area contributed by atoms with E-state index in [2.05, 4.69) is 46.9 Å². The van der Waals surface area contributed by atoms with Crippen molar-refractivity contribution in [3.8, 4) is 0 Å². The van der Waals surface area contributed by atoms with Crippen molar-refractivity contribution in [2.24, 2.45) is 11.8 Å². The second-order valence-corrected chi connectivity index (χ2v) is 4.90. The molecule has 0 heterocycles. The van der Waals surface area contributed by atoms with Crippen molar-refractivity contribution >= 4 is 0 Å². The molecular weight excluding hydrogens is 243 g/mol. The molecule has 102 valence electrons. The molecule has 0 rings (SSSR count). The van der Waals surface area contributed by atoms with Crippen molar-refractivity contribution < 1.29 is 51.4 Å². The van der Waals surface area contributed by atoms with E-state index in [-0.39, 0.29) is 51.4 Å². The zero-order chi connectivity index (χ0) is 13.7. The van der Waals surface area contributed by atoms with Crippen LogP contribution in [0.1, 0.15) is 66.2 Å². The molecule has 0 aliphatic carbocycles. The molecule has 2 unspecified atom stereocenters. The summed E-state index contributed by atoms with van der Waals surface area (Å²) in [4.78, 5) is 0. The van der Waals surface area contributed by atoms with Gasteiger partial charge in [0.1, 0.15) is 0 Å². The van der Waals surface area contributed by atoms with Crippen LogP contribution in [0.25, 0.3) is 0 Å². The number of hydrogen-bond donors (Lipinski definition) is 0. The van der Waals surface area contributed by atoms with Gasteiger partial charge in [0.05, 0.1) is 0 Å². The first kappa shape index (κ1) is 24.2. The van der Waals surface area contributed by atoms with Gasteiger partial charge in [-0.2, -0.15) is 12.8 Å². The Hall–Kier alpha value is 1.12. The quantitative estimate of drug-likeness (QED) is 0.363. The molecule has 0 nitrogen and oxygen atoms in total. The molecular formula is C17H32K-. The summed E-state index contributed by atoms with van der Waals surface area (Å²) in [6.45, 7) is 20.0. The van der Waals surface area contributed by atoms with Crippen LogP contribution in [0.3, 0.4) is 0 Å². The Morgan fingerprint density at radius 2 is 1.78 bits per heavy atom. The Balaban J connectivity index is -0.000000507. The number of hydrogen-bond acceptors (Lipinski definition) is 0. The molecule has 0 saturated carbocycles. The van der Waals surface area contributed by atoms with Crippen LogP contribution in [0.4, 0.5) is 0 Å². The Labute approximate surface area is 159 Å². The maximum absolute atomic E-state index is 4.22. The summed E-state index contributed by atoms with van der Waals surface area (Å²) < 4.78 is 0. The van der Waals surface area contributed by atoms with Crippen LogP contribution in [-0.4, -0.2) is 0 Å². The third kappa shape index (κ3) is 17.1. The van der Waals surface area contributed by atoms with Gasteiger partial charge in [-0.15, -0.1) is 0 Å². The monoisotopic (exact) mass is 275 g/mol. The molecule has 18 heavy (non-hydrogen) atoms. The van der Waals surface area contributed by atoms with Crippen molar-refractivity contribution in [1.82, 2.24) is 0 Å². The summed E-state index contributed by atoms with van der Waals surface area (Å²) in [5, 5.41) is 0. The molecule has 0 aliphatic rings. The van der Waals surface area contributed by atoms with Crippen LogP contribution in [0, 0.1) is 24.8 Å². The van der Waals surface area contributed by atoms with Gasteiger partial charge in [0.2, 0.25) is 0 Å². The van der Waals surface area contributed by atoms with Crippen molar-refractivity contribution in [2.45, 2.75) is 66.2 Å². The van der Waals surface area contributed by atoms with E-state index < -0.39 is 0 Å². The van der Waals surface area contributed by atoms with E-state index in [4.69, 9.17) is 0 Å². The molecule has 0 fully saturated rings. The zero-order valence-corrected chi connectivity index (χ0v) is 16.6. The number of allylic oxidation sites excluding steroid dienone is 2. The van der Waals surface area contributed by atoms with Crippen LogP contribution in [0.15, 0.2) is 18.7 Å². The molecule has 0 radical (unpaired) electrons. The molecule has 0 aromatic carbocycles. The minimum Gasteiger partial charge on any atom is -0.507 e. The van der Waals surface area contributed by atoms with Gasteiger partial charge >= 0.3 is 51.4 Å². The minimum atomic E-state index is 0. The first-order valence-electron chi connectivity index (χ1n) is 6.97. The van der Waals surface area contributed by atoms with Gasteiger partial charge in [0.15, 0.2) is 0 Å². The standard InChI is InChI=1S/C14H27.C3H5.K/c1-6-8-9-14(7-2)13(5)11-10-12(3)4;1-3-2;/h12,14H,3,5-11H2,1-2,4H3;1H2,2H3;/q2*-1;+1. The van der Waals surface area contributed by atoms with E-state index in [9.17, 15) is 0 Å². The molecule has 0 spiro atoms. The third-order valence-corrected chi connectivity index (χ3v) is 2.93. The van der Waals surface area contributed by atoms with Gasteiger partial charge in [-0.1, -0.05) is 52.2 Å². The largest absolute Gasteiger partial charge is 1.00 e. The van der Waals surface area contributed by atoms with Crippen LogP contribution in [0.2, 0.25) is 0 Å². The smallest absolute Gasteiger partial charge is 0.507 e. The predicted molar refractivity (Wildman–Crippen MR) is 80.7 cm³/mol. The van der Waals surface area contributed by atoms with Crippen molar-refractivity contribution in [2.75, 3.05) is 0 Å². The van der Waals surface area contributed by atoms with E-state index in [0.717, 1.165) is 5.92 Å². The number of rotatable bonds is 8. The molecule has 2 atom stereocenters. The van der Waals surface area contributed by atoms with E-state index in [1.807, 2.05) is 0 Å². The van der Waals surface area contributed by atoms with E-state index in [1.54, 1.807) is 6.92 Å². The Bertz CT molecular complexity index is 182. The fourth-order valence-corrected chi connectivity index (χ4v) is 1.78. The minimum absolute atomic E-state index is 0. The van der Waals surface area contributed by atoms with Gasteiger partial charge in [0, 0.05) is 0 Å². The van der Waals surface area contributed by atoms with Gasteiger partial charge in [0.25, 0.3) is 0 Å². The maximum Gasteiger partial charge on any atom is 1.00 e. The van der Waals surface area contributed by atoms with Crippen LogP contribution in [-0.2, 0) is 0 Å². The molecule has 0 bridgehead atoms. The predicted octanol–water partition coefficient (Wildman–Crippen LogP) is 3.01. The Morgan fingerprint density at radius 1 is 1.28 bits per heavy atom. The van der Waals surface area contributed by atoms with Crippen LogP contribution in [0.5, 0.6) is 0 Å². The van der Waals surface area contributed by atoms with Crippen LogP contribution < -0.4 is 51.4 Å². The molecule has 0 aromatic rings.